The molecular formula is C15H30O. The lowest BCUT2D eigenvalue weighted by Crippen LogP contribution is -2.34. The van der Waals surface area contributed by atoms with Gasteiger partial charge in [0.1, 0.15) is 0 Å². The minimum absolute atomic E-state index is 0.0603. The zero-order chi connectivity index (χ0) is 12.2. The summed E-state index contributed by atoms with van der Waals surface area (Å²) in [5.41, 5.74) is 0.490. The number of hydrogen-bond acceptors (Lipinski definition) is 1. The van der Waals surface area contributed by atoms with Gasteiger partial charge in [0.25, 0.3) is 0 Å². The molecule has 0 heterocycles. The topological polar surface area (TPSA) is 20.2 Å². The Labute approximate surface area is 102 Å². The van der Waals surface area contributed by atoms with Crippen LogP contribution in [0, 0.1) is 17.3 Å². The smallest absolute Gasteiger partial charge is 0.0540 e. The lowest BCUT2D eigenvalue weighted by Gasteiger charge is -2.43. The summed E-state index contributed by atoms with van der Waals surface area (Å²) in [6, 6.07) is 0. The third-order valence-electron chi connectivity index (χ3n) is 4.60. The lowest BCUT2D eigenvalue weighted by molar-refractivity contribution is 0.0560. The minimum atomic E-state index is -0.0603. The van der Waals surface area contributed by atoms with Crippen LogP contribution >= 0.6 is 0 Å². The fraction of sp³-hybridized carbons (Fsp3) is 1.00. The molecule has 0 amide bonds. The van der Waals surface area contributed by atoms with Gasteiger partial charge in [0, 0.05) is 0 Å². The van der Waals surface area contributed by atoms with E-state index in [0.717, 1.165) is 31.1 Å². The zero-order valence-corrected chi connectivity index (χ0v) is 11.6. The SMILES string of the molecule is CCCC(O)CCC1[C@@H](C)CCCC1(C)C. The summed E-state index contributed by atoms with van der Waals surface area (Å²) >= 11 is 0. The van der Waals surface area contributed by atoms with Crippen molar-refractivity contribution in [2.24, 2.45) is 17.3 Å². The Bertz CT molecular complexity index is 198. The average molecular weight is 226 g/mol. The van der Waals surface area contributed by atoms with Gasteiger partial charge < -0.3 is 5.11 Å². The predicted octanol–water partition coefficient (Wildman–Crippen LogP) is 4.39. The summed E-state index contributed by atoms with van der Waals surface area (Å²) in [5, 5.41) is 9.84. The van der Waals surface area contributed by atoms with Crippen molar-refractivity contribution >= 4 is 0 Å². The van der Waals surface area contributed by atoms with E-state index in [4.69, 9.17) is 0 Å². The molecule has 0 radical (unpaired) electrons. The van der Waals surface area contributed by atoms with E-state index in [0.29, 0.717) is 5.41 Å². The standard InChI is InChI=1S/C15H30O/c1-5-7-13(16)9-10-14-12(2)8-6-11-15(14,3)4/h12-14,16H,5-11H2,1-4H3/t12-,13?,14?/m0/s1. The van der Waals surface area contributed by atoms with E-state index in [1.165, 1.54) is 25.7 Å². The van der Waals surface area contributed by atoms with Crippen molar-refractivity contribution < 1.29 is 5.11 Å². The Balaban J connectivity index is 2.43. The van der Waals surface area contributed by atoms with Gasteiger partial charge in [-0.2, -0.15) is 0 Å². The van der Waals surface area contributed by atoms with Crippen LogP contribution < -0.4 is 0 Å². The Morgan fingerprint density at radius 1 is 1.31 bits per heavy atom. The van der Waals surface area contributed by atoms with Crippen LogP contribution in [0.5, 0.6) is 0 Å². The molecule has 0 spiro atoms. The molecule has 2 unspecified atom stereocenters. The van der Waals surface area contributed by atoms with Gasteiger partial charge in [0.2, 0.25) is 0 Å². The van der Waals surface area contributed by atoms with Crippen LogP contribution in [0.1, 0.15) is 72.6 Å². The van der Waals surface area contributed by atoms with Crippen molar-refractivity contribution in [3.63, 3.8) is 0 Å². The molecule has 16 heavy (non-hydrogen) atoms. The van der Waals surface area contributed by atoms with Crippen molar-refractivity contribution in [1.82, 2.24) is 0 Å². The molecule has 0 saturated heterocycles. The van der Waals surface area contributed by atoms with Crippen LogP contribution in [0.4, 0.5) is 0 Å². The van der Waals surface area contributed by atoms with Crippen LogP contribution in [-0.4, -0.2) is 11.2 Å². The van der Waals surface area contributed by atoms with Gasteiger partial charge in [-0.05, 0) is 42.9 Å². The molecule has 1 rings (SSSR count). The number of aliphatic hydroxyl groups is 1. The van der Waals surface area contributed by atoms with Gasteiger partial charge in [-0.3, -0.25) is 0 Å². The maximum absolute atomic E-state index is 9.84. The quantitative estimate of drug-likeness (QED) is 0.737. The summed E-state index contributed by atoms with van der Waals surface area (Å²) in [6.45, 7) is 9.38. The van der Waals surface area contributed by atoms with Crippen LogP contribution in [-0.2, 0) is 0 Å². The second-order valence-corrected chi connectivity index (χ2v) is 6.48. The molecule has 96 valence electrons. The van der Waals surface area contributed by atoms with Crippen molar-refractivity contribution in [2.45, 2.75) is 78.7 Å². The van der Waals surface area contributed by atoms with Crippen molar-refractivity contribution in [1.29, 1.82) is 0 Å². The highest BCUT2D eigenvalue weighted by molar-refractivity contribution is 4.86. The first kappa shape index (κ1) is 14.0. The normalized spacial score (nSPS) is 31.3. The second-order valence-electron chi connectivity index (χ2n) is 6.48. The summed E-state index contributed by atoms with van der Waals surface area (Å²) < 4.78 is 0. The molecule has 1 aliphatic rings. The van der Waals surface area contributed by atoms with Crippen LogP contribution in [0.2, 0.25) is 0 Å². The summed E-state index contributed by atoms with van der Waals surface area (Å²) in [7, 11) is 0. The van der Waals surface area contributed by atoms with Crippen LogP contribution in [0.25, 0.3) is 0 Å². The molecular weight excluding hydrogens is 196 g/mol. The minimum Gasteiger partial charge on any atom is -0.393 e. The molecule has 1 heteroatoms. The van der Waals surface area contributed by atoms with E-state index >= 15 is 0 Å². The highest BCUT2D eigenvalue weighted by atomic mass is 16.3. The van der Waals surface area contributed by atoms with E-state index in [2.05, 4.69) is 27.7 Å². The van der Waals surface area contributed by atoms with Gasteiger partial charge in [-0.25, -0.2) is 0 Å². The van der Waals surface area contributed by atoms with Gasteiger partial charge >= 0.3 is 0 Å². The molecule has 0 bridgehead atoms. The van der Waals surface area contributed by atoms with Crippen molar-refractivity contribution in [3.8, 4) is 0 Å². The van der Waals surface area contributed by atoms with E-state index in [9.17, 15) is 5.11 Å². The van der Waals surface area contributed by atoms with E-state index in [1.54, 1.807) is 0 Å². The largest absolute Gasteiger partial charge is 0.393 e. The molecule has 0 aromatic carbocycles. The predicted molar refractivity (Wildman–Crippen MR) is 70.4 cm³/mol. The van der Waals surface area contributed by atoms with Crippen LogP contribution in [0.15, 0.2) is 0 Å². The maximum atomic E-state index is 9.84. The molecule has 0 aromatic rings. The Hall–Kier alpha value is -0.0400. The monoisotopic (exact) mass is 226 g/mol. The summed E-state index contributed by atoms with van der Waals surface area (Å²) in [6.07, 6.45) is 8.38. The third-order valence-corrected chi connectivity index (χ3v) is 4.60. The average Bonchev–Trinajstić information content (AvgIpc) is 2.16. The Morgan fingerprint density at radius 2 is 2.00 bits per heavy atom. The van der Waals surface area contributed by atoms with E-state index in [1.807, 2.05) is 0 Å². The fourth-order valence-electron chi connectivity index (χ4n) is 3.56. The van der Waals surface area contributed by atoms with E-state index in [-0.39, 0.29) is 6.10 Å². The Morgan fingerprint density at radius 3 is 2.56 bits per heavy atom. The van der Waals surface area contributed by atoms with Gasteiger partial charge in [0.15, 0.2) is 0 Å². The molecule has 1 N–H and O–H groups in total. The molecule has 1 fully saturated rings. The first-order valence-corrected chi connectivity index (χ1v) is 7.15. The Kier molecular flexibility index (Phi) is 5.30. The third kappa shape index (κ3) is 3.76. The van der Waals surface area contributed by atoms with Crippen LogP contribution in [0.3, 0.4) is 0 Å². The number of aliphatic hydroxyl groups excluding tert-OH is 1. The fourth-order valence-corrected chi connectivity index (χ4v) is 3.56. The summed E-state index contributed by atoms with van der Waals surface area (Å²) in [5.74, 6) is 1.66. The molecule has 1 aliphatic carbocycles. The molecule has 0 aliphatic heterocycles. The molecule has 3 atom stereocenters. The first-order valence-electron chi connectivity index (χ1n) is 7.15. The van der Waals surface area contributed by atoms with Gasteiger partial charge in [-0.15, -0.1) is 0 Å². The lowest BCUT2D eigenvalue weighted by atomic mass is 9.62. The highest BCUT2D eigenvalue weighted by Gasteiger charge is 2.36. The molecule has 1 nitrogen and oxygen atoms in total. The van der Waals surface area contributed by atoms with E-state index < -0.39 is 0 Å². The van der Waals surface area contributed by atoms with Gasteiger partial charge in [-0.1, -0.05) is 47.0 Å². The maximum Gasteiger partial charge on any atom is 0.0540 e. The number of rotatable bonds is 5. The molecule has 1 saturated carbocycles. The second kappa shape index (κ2) is 6.05. The highest BCUT2D eigenvalue weighted by Crippen LogP contribution is 2.46. The zero-order valence-electron chi connectivity index (χ0n) is 11.6. The summed E-state index contributed by atoms with van der Waals surface area (Å²) in [4.78, 5) is 0. The van der Waals surface area contributed by atoms with Gasteiger partial charge in [0.05, 0.1) is 6.10 Å². The van der Waals surface area contributed by atoms with Crippen molar-refractivity contribution in [3.05, 3.63) is 0 Å². The van der Waals surface area contributed by atoms with Crippen molar-refractivity contribution in [2.75, 3.05) is 0 Å². The number of hydrogen-bond donors (Lipinski definition) is 1. The molecule has 0 aromatic heterocycles. The first-order chi connectivity index (χ1) is 7.47.